The molecule has 4 rings (SSSR count). The summed E-state index contributed by atoms with van der Waals surface area (Å²) in [7, 11) is 0. The number of hydrogen-bond acceptors (Lipinski definition) is 5. The van der Waals surface area contributed by atoms with Crippen LogP contribution in [0.5, 0.6) is 11.6 Å². The standard InChI is InChI=1S/C19H12F2N4O2/c20-13-4-2-1-3-12(13)15(26)8-11-5-6-16(14(21)7-11)27-19-17-18(23-9-22-17)24-10-25-19/h1-7,9-10H,8H2,(H,22,23,24,25). The van der Waals surface area contributed by atoms with Gasteiger partial charge in [-0.2, -0.15) is 4.98 Å². The van der Waals surface area contributed by atoms with Crippen LogP contribution in [0, 0.1) is 11.6 Å². The summed E-state index contributed by atoms with van der Waals surface area (Å²) in [5, 5.41) is 0. The minimum atomic E-state index is -0.667. The molecule has 6 nitrogen and oxygen atoms in total. The van der Waals surface area contributed by atoms with E-state index in [0.717, 1.165) is 0 Å². The van der Waals surface area contributed by atoms with Crippen molar-refractivity contribution >= 4 is 16.9 Å². The molecule has 27 heavy (non-hydrogen) atoms. The second-order valence-electron chi connectivity index (χ2n) is 5.73. The number of hydrogen-bond donors (Lipinski definition) is 1. The Hall–Kier alpha value is -3.68. The number of carbonyl (C=O) groups is 1. The fourth-order valence-corrected chi connectivity index (χ4v) is 2.63. The molecule has 4 aromatic rings. The summed E-state index contributed by atoms with van der Waals surface area (Å²) in [6.45, 7) is 0. The van der Waals surface area contributed by atoms with Crippen LogP contribution in [-0.2, 0) is 6.42 Å². The van der Waals surface area contributed by atoms with E-state index in [1.807, 2.05) is 0 Å². The Labute approximate surface area is 151 Å². The van der Waals surface area contributed by atoms with Gasteiger partial charge in [0.2, 0.25) is 5.88 Å². The van der Waals surface area contributed by atoms with E-state index < -0.39 is 17.4 Å². The fraction of sp³-hybridized carbons (Fsp3) is 0.0526. The highest BCUT2D eigenvalue weighted by molar-refractivity contribution is 5.97. The summed E-state index contributed by atoms with van der Waals surface area (Å²) in [6, 6.07) is 9.80. The highest BCUT2D eigenvalue weighted by Gasteiger charge is 2.15. The summed E-state index contributed by atoms with van der Waals surface area (Å²) in [5.74, 6) is -1.63. The predicted molar refractivity (Wildman–Crippen MR) is 92.6 cm³/mol. The average Bonchev–Trinajstić information content (AvgIpc) is 3.14. The molecule has 0 fully saturated rings. The topological polar surface area (TPSA) is 80.8 Å². The molecule has 0 aliphatic heterocycles. The van der Waals surface area contributed by atoms with Crippen molar-refractivity contribution in [1.29, 1.82) is 0 Å². The van der Waals surface area contributed by atoms with Gasteiger partial charge in [0.05, 0.1) is 11.9 Å². The lowest BCUT2D eigenvalue weighted by Gasteiger charge is -2.08. The molecular weight excluding hydrogens is 354 g/mol. The van der Waals surface area contributed by atoms with Crippen LogP contribution in [0.1, 0.15) is 15.9 Å². The molecule has 1 N–H and O–H groups in total. The smallest absolute Gasteiger partial charge is 0.248 e. The second-order valence-corrected chi connectivity index (χ2v) is 5.73. The lowest BCUT2D eigenvalue weighted by atomic mass is 10.0. The zero-order valence-corrected chi connectivity index (χ0v) is 13.8. The molecule has 0 atom stereocenters. The maximum atomic E-state index is 14.4. The van der Waals surface area contributed by atoms with Crippen LogP contribution in [0.15, 0.2) is 55.1 Å². The van der Waals surface area contributed by atoms with Crippen molar-refractivity contribution in [2.24, 2.45) is 0 Å². The summed E-state index contributed by atoms with van der Waals surface area (Å²) in [5.41, 5.74) is 1.21. The molecule has 0 radical (unpaired) electrons. The predicted octanol–water partition coefficient (Wildman–Crippen LogP) is 3.85. The third kappa shape index (κ3) is 3.37. The monoisotopic (exact) mass is 366 g/mol. The van der Waals surface area contributed by atoms with Gasteiger partial charge >= 0.3 is 0 Å². The van der Waals surface area contributed by atoms with Crippen molar-refractivity contribution in [2.45, 2.75) is 6.42 Å². The van der Waals surface area contributed by atoms with Gasteiger partial charge in [-0.1, -0.05) is 18.2 Å². The summed E-state index contributed by atoms with van der Waals surface area (Å²) < 4.78 is 33.6. The number of rotatable bonds is 5. The van der Waals surface area contributed by atoms with E-state index in [9.17, 15) is 13.6 Å². The van der Waals surface area contributed by atoms with Crippen LogP contribution in [-0.4, -0.2) is 25.7 Å². The molecule has 2 aromatic heterocycles. The molecule has 8 heteroatoms. The zero-order valence-electron chi connectivity index (χ0n) is 13.8. The van der Waals surface area contributed by atoms with Gasteiger partial charge in [-0.3, -0.25) is 4.79 Å². The molecule has 0 saturated heterocycles. The molecule has 0 saturated carbocycles. The van der Waals surface area contributed by atoms with Crippen molar-refractivity contribution in [3.05, 3.63) is 77.9 Å². The minimum Gasteiger partial charge on any atom is -0.434 e. The van der Waals surface area contributed by atoms with Gasteiger partial charge < -0.3 is 9.72 Å². The van der Waals surface area contributed by atoms with Crippen molar-refractivity contribution in [3.63, 3.8) is 0 Å². The largest absolute Gasteiger partial charge is 0.434 e. The molecule has 2 heterocycles. The zero-order chi connectivity index (χ0) is 18.8. The minimum absolute atomic E-state index is 0.0270. The summed E-state index contributed by atoms with van der Waals surface area (Å²) >= 11 is 0. The van der Waals surface area contributed by atoms with Crippen LogP contribution in [0.4, 0.5) is 8.78 Å². The third-order valence-electron chi connectivity index (χ3n) is 3.93. The average molecular weight is 366 g/mol. The lowest BCUT2D eigenvalue weighted by molar-refractivity contribution is 0.0989. The lowest BCUT2D eigenvalue weighted by Crippen LogP contribution is -2.06. The first-order valence-electron chi connectivity index (χ1n) is 8.00. The Morgan fingerprint density at radius 3 is 2.70 bits per heavy atom. The van der Waals surface area contributed by atoms with Crippen molar-refractivity contribution in [2.75, 3.05) is 0 Å². The molecule has 0 aliphatic rings. The van der Waals surface area contributed by atoms with E-state index in [1.165, 1.54) is 43.0 Å². The SMILES string of the molecule is O=C(Cc1ccc(Oc2ncnc3nc[nH]c23)c(F)c1)c1ccccc1F. The van der Waals surface area contributed by atoms with E-state index in [-0.39, 0.29) is 23.6 Å². The van der Waals surface area contributed by atoms with E-state index in [0.29, 0.717) is 16.7 Å². The van der Waals surface area contributed by atoms with E-state index in [2.05, 4.69) is 19.9 Å². The van der Waals surface area contributed by atoms with Gasteiger partial charge in [-0.25, -0.2) is 18.7 Å². The highest BCUT2D eigenvalue weighted by Crippen LogP contribution is 2.27. The summed E-state index contributed by atoms with van der Waals surface area (Å²) in [4.78, 5) is 26.9. The number of ketones is 1. The molecule has 0 unspecified atom stereocenters. The fourth-order valence-electron chi connectivity index (χ4n) is 2.63. The van der Waals surface area contributed by atoms with Crippen LogP contribution in [0.2, 0.25) is 0 Å². The van der Waals surface area contributed by atoms with Gasteiger partial charge in [0.25, 0.3) is 0 Å². The van der Waals surface area contributed by atoms with Gasteiger partial charge in [0.15, 0.2) is 23.0 Å². The Morgan fingerprint density at radius 2 is 1.89 bits per heavy atom. The molecule has 2 aromatic carbocycles. The molecular formula is C19H12F2N4O2. The number of ether oxygens (including phenoxy) is 1. The number of nitrogens with zero attached hydrogens (tertiary/aromatic N) is 3. The van der Waals surface area contributed by atoms with Gasteiger partial charge in [-0.05, 0) is 29.8 Å². The number of nitrogens with one attached hydrogen (secondary N) is 1. The number of halogens is 2. The molecule has 0 aliphatic carbocycles. The number of carbonyl (C=O) groups excluding carboxylic acids is 1. The van der Waals surface area contributed by atoms with Gasteiger partial charge in [0.1, 0.15) is 17.7 Å². The second kappa shape index (κ2) is 6.91. The molecule has 134 valence electrons. The maximum absolute atomic E-state index is 14.4. The number of H-pyrrole nitrogens is 1. The van der Waals surface area contributed by atoms with Crippen molar-refractivity contribution in [3.8, 4) is 11.6 Å². The van der Waals surface area contributed by atoms with E-state index >= 15 is 0 Å². The number of fused-ring (bicyclic) bond motifs is 1. The summed E-state index contributed by atoms with van der Waals surface area (Å²) in [6.07, 6.45) is 2.56. The van der Waals surface area contributed by atoms with Crippen molar-refractivity contribution < 1.29 is 18.3 Å². The number of aromatic amines is 1. The van der Waals surface area contributed by atoms with E-state index in [4.69, 9.17) is 4.74 Å². The third-order valence-corrected chi connectivity index (χ3v) is 3.93. The normalized spacial score (nSPS) is 10.9. The first kappa shape index (κ1) is 16.8. The Morgan fingerprint density at radius 1 is 1.04 bits per heavy atom. The molecule has 0 spiro atoms. The quantitative estimate of drug-likeness (QED) is 0.543. The Balaban J connectivity index is 1.55. The molecule has 0 amide bonds. The van der Waals surface area contributed by atoms with Crippen LogP contribution in [0.25, 0.3) is 11.2 Å². The number of imidazole rings is 1. The Kier molecular flexibility index (Phi) is 4.29. The maximum Gasteiger partial charge on any atom is 0.248 e. The van der Waals surface area contributed by atoms with Crippen LogP contribution < -0.4 is 4.74 Å². The van der Waals surface area contributed by atoms with Gasteiger partial charge in [0, 0.05) is 6.42 Å². The Bertz CT molecular complexity index is 1140. The van der Waals surface area contributed by atoms with Crippen molar-refractivity contribution in [1.82, 2.24) is 19.9 Å². The first-order valence-corrected chi connectivity index (χ1v) is 8.00. The van der Waals surface area contributed by atoms with Crippen LogP contribution in [0.3, 0.4) is 0 Å². The van der Waals surface area contributed by atoms with E-state index in [1.54, 1.807) is 12.1 Å². The first-order chi connectivity index (χ1) is 13.1. The number of Topliss-reactive ketones (excluding diaryl/α,β-unsaturated/α-hetero) is 1. The molecule has 0 bridgehead atoms. The van der Waals surface area contributed by atoms with Crippen LogP contribution >= 0.6 is 0 Å². The number of aromatic nitrogens is 4. The van der Waals surface area contributed by atoms with Gasteiger partial charge in [-0.15, -0.1) is 0 Å². The highest BCUT2D eigenvalue weighted by atomic mass is 19.1. The number of benzene rings is 2.